The fourth-order valence-electron chi connectivity index (χ4n) is 2.53. The van der Waals surface area contributed by atoms with Crippen LogP contribution in [0.5, 0.6) is 0 Å². The van der Waals surface area contributed by atoms with E-state index in [0.717, 1.165) is 17.4 Å². The van der Waals surface area contributed by atoms with Gasteiger partial charge in [-0.3, -0.25) is 9.03 Å². The quantitative estimate of drug-likeness (QED) is 0.619. The van der Waals surface area contributed by atoms with Gasteiger partial charge in [-0.1, -0.05) is 70.0 Å². The summed E-state index contributed by atoms with van der Waals surface area (Å²) in [6.07, 6.45) is 1.10. The Bertz CT molecular complexity index is 903. The Morgan fingerprint density at radius 3 is 2.04 bits per heavy atom. The number of hydrogen-bond donors (Lipinski definition) is 3. The minimum Gasteiger partial charge on any atom is -0.333 e. The van der Waals surface area contributed by atoms with Gasteiger partial charge in [0.05, 0.1) is 12.8 Å². The molecule has 0 unspecified atom stereocenters. The van der Waals surface area contributed by atoms with Gasteiger partial charge >= 0.3 is 6.03 Å². The molecule has 0 aliphatic heterocycles. The molecule has 2 aromatic carbocycles. The Hall–Kier alpha value is -2.19. The lowest BCUT2D eigenvalue weighted by molar-refractivity contribution is 0.225. The smallest absolute Gasteiger partial charge is 0.327 e. The highest BCUT2D eigenvalue weighted by Crippen LogP contribution is 2.22. The highest BCUT2D eigenvalue weighted by Gasteiger charge is 2.14. The molecule has 28 heavy (non-hydrogen) atoms. The van der Waals surface area contributed by atoms with Crippen molar-refractivity contribution in [3.05, 3.63) is 65.2 Å². The second-order valence-electron chi connectivity index (χ2n) is 7.73. The van der Waals surface area contributed by atoms with Crippen LogP contribution in [0.25, 0.3) is 0 Å². The van der Waals surface area contributed by atoms with Crippen LogP contribution < -0.4 is 10.0 Å². The zero-order valence-corrected chi connectivity index (χ0v) is 18.3. The minimum atomic E-state index is -3.30. The minimum absolute atomic E-state index is 0.0863. The molecule has 0 bridgehead atoms. The molecular weight excluding hydrogens is 394 g/mol. The molecule has 2 aromatic rings. The van der Waals surface area contributed by atoms with Gasteiger partial charge < -0.3 is 5.32 Å². The summed E-state index contributed by atoms with van der Waals surface area (Å²) in [7, 11) is -3.30. The van der Waals surface area contributed by atoms with Crippen molar-refractivity contribution in [3.8, 4) is 0 Å². The van der Waals surface area contributed by atoms with Crippen LogP contribution in [0.2, 0.25) is 0 Å². The molecule has 0 saturated heterocycles. The van der Waals surface area contributed by atoms with Gasteiger partial charge in [-0.05, 0) is 34.2 Å². The average molecular weight is 422 g/mol. The van der Waals surface area contributed by atoms with Gasteiger partial charge in [0.15, 0.2) is 0 Å². The van der Waals surface area contributed by atoms with E-state index in [1.807, 2.05) is 12.1 Å². The molecule has 2 N–H and O–H groups in total. The van der Waals surface area contributed by atoms with Crippen LogP contribution in [0.3, 0.4) is 0 Å². The van der Waals surface area contributed by atoms with Gasteiger partial charge in [0.2, 0.25) is 10.0 Å². The van der Waals surface area contributed by atoms with E-state index < -0.39 is 10.0 Å². The second-order valence-corrected chi connectivity index (χ2v) is 9.97. The fraction of sp³-hybridized carbons (Fsp3) is 0.350. The molecule has 8 heteroatoms. The lowest BCUT2D eigenvalue weighted by atomic mass is 9.87. The van der Waals surface area contributed by atoms with Crippen molar-refractivity contribution < 1.29 is 13.2 Å². The van der Waals surface area contributed by atoms with Crippen molar-refractivity contribution in [3.63, 3.8) is 0 Å². The van der Waals surface area contributed by atoms with Crippen molar-refractivity contribution >= 4 is 34.6 Å². The Morgan fingerprint density at radius 1 is 1.00 bits per heavy atom. The monoisotopic (exact) mass is 421 g/mol. The van der Waals surface area contributed by atoms with Crippen LogP contribution in [0.4, 0.5) is 10.5 Å². The maximum Gasteiger partial charge on any atom is 0.327 e. The Labute approximate surface area is 172 Å². The van der Waals surface area contributed by atoms with E-state index in [2.05, 4.69) is 55.8 Å². The van der Waals surface area contributed by atoms with Crippen molar-refractivity contribution in [2.24, 2.45) is 0 Å². The molecule has 0 aliphatic carbocycles. The third-order valence-corrected chi connectivity index (χ3v) is 5.02. The van der Waals surface area contributed by atoms with E-state index in [4.69, 9.17) is 0 Å². The number of amides is 2. The summed E-state index contributed by atoms with van der Waals surface area (Å²) < 4.78 is 26.1. The van der Waals surface area contributed by atoms with Crippen molar-refractivity contribution in [2.75, 3.05) is 11.0 Å². The summed E-state index contributed by atoms with van der Waals surface area (Å²) in [5.74, 6) is 0. The molecule has 0 radical (unpaired) electrons. The Kier molecular flexibility index (Phi) is 7.01. The van der Waals surface area contributed by atoms with Crippen molar-refractivity contribution in [1.82, 2.24) is 9.62 Å². The molecule has 0 aromatic heterocycles. The van der Waals surface area contributed by atoms with Crippen LogP contribution in [0, 0.1) is 0 Å². The molecular formula is C20H27N3O3S2. The number of nitrogens with zero attached hydrogens (tertiary/aromatic N) is 1. The fourth-order valence-corrected chi connectivity index (χ4v) is 3.33. The van der Waals surface area contributed by atoms with E-state index in [9.17, 15) is 13.2 Å². The molecule has 0 fully saturated rings. The zero-order valence-electron chi connectivity index (χ0n) is 16.6. The first kappa shape index (κ1) is 22.1. The van der Waals surface area contributed by atoms with Gasteiger partial charge in [-0.15, -0.1) is 0 Å². The molecule has 0 spiro atoms. The topological polar surface area (TPSA) is 78.5 Å². The number of anilines is 1. The Balaban J connectivity index is 1.87. The van der Waals surface area contributed by atoms with Crippen LogP contribution in [0.1, 0.15) is 37.5 Å². The number of benzene rings is 2. The standard InChI is InChI=1S/C20H27N3O3S2/c1-20(2,3)17-9-5-16(6-10-17)14-23(27)19(24)21-13-15-7-11-18(12-8-15)22-28(4,25)26/h5-12,22,27H,13-14H2,1-4H3,(H,21,24). The molecule has 2 amide bonds. The van der Waals surface area contributed by atoms with Gasteiger partial charge in [0.25, 0.3) is 0 Å². The number of sulfonamides is 1. The molecule has 2 rings (SSSR count). The molecule has 152 valence electrons. The first-order chi connectivity index (χ1) is 12.9. The van der Waals surface area contributed by atoms with Crippen molar-refractivity contribution in [2.45, 2.75) is 39.3 Å². The highest BCUT2D eigenvalue weighted by atomic mass is 32.2. The molecule has 0 saturated carbocycles. The number of carbonyl (C=O) groups excluding carboxylic acids is 1. The van der Waals surface area contributed by atoms with Gasteiger partial charge in [0, 0.05) is 12.2 Å². The summed E-state index contributed by atoms with van der Waals surface area (Å²) in [6.45, 7) is 7.17. The maximum absolute atomic E-state index is 12.2. The largest absolute Gasteiger partial charge is 0.333 e. The third-order valence-electron chi connectivity index (χ3n) is 4.09. The normalized spacial score (nSPS) is 11.8. The maximum atomic E-state index is 12.2. The van der Waals surface area contributed by atoms with Crippen LogP contribution in [-0.4, -0.2) is 25.0 Å². The summed E-state index contributed by atoms with van der Waals surface area (Å²) >= 11 is 4.27. The number of urea groups is 1. The average Bonchev–Trinajstić information content (AvgIpc) is 2.59. The van der Waals surface area contributed by atoms with Crippen molar-refractivity contribution in [1.29, 1.82) is 0 Å². The lowest BCUT2D eigenvalue weighted by Crippen LogP contribution is -2.33. The van der Waals surface area contributed by atoms with E-state index in [-0.39, 0.29) is 11.4 Å². The SMILES string of the molecule is CC(C)(C)c1ccc(CN(S)C(=O)NCc2ccc(NS(C)(=O)=O)cc2)cc1. The summed E-state index contributed by atoms with van der Waals surface area (Å²) in [6, 6.07) is 14.7. The van der Waals surface area contributed by atoms with Crippen LogP contribution in [-0.2, 0) is 28.5 Å². The lowest BCUT2D eigenvalue weighted by Gasteiger charge is -2.20. The third kappa shape index (κ3) is 7.09. The first-order valence-electron chi connectivity index (χ1n) is 8.84. The number of rotatable bonds is 6. The van der Waals surface area contributed by atoms with E-state index in [0.29, 0.717) is 18.8 Å². The van der Waals surface area contributed by atoms with Crippen LogP contribution >= 0.6 is 12.8 Å². The van der Waals surface area contributed by atoms with E-state index in [1.165, 1.54) is 9.87 Å². The summed E-state index contributed by atoms with van der Waals surface area (Å²) in [5.41, 5.74) is 3.65. The first-order valence-corrected chi connectivity index (χ1v) is 11.1. The van der Waals surface area contributed by atoms with Gasteiger partial charge in [-0.2, -0.15) is 0 Å². The van der Waals surface area contributed by atoms with E-state index in [1.54, 1.807) is 24.3 Å². The zero-order chi connectivity index (χ0) is 20.9. The number of nitrogens with one attached hydrogen (secondary N) is 2. The number of hydrogen-bond acceptors (Lipinski definition) is 4. The van der Waals surface area contributed by atoms with Crippen LogP contribution in [0.15, 0.2) is 48.5 Å². The number of carbonyl (C=O) groups is 1. The molecule has 0 atom stereocenters. The predicted octanol–water partition coefficient (Wildman–Crippen LogP) is 3.91. The highest BCUT2D eigenvalue weighted by molar-refractivity contribution is 7.92. The molecule has 0 heterocycles. The molecule has 6 nitrogen and oxygen atoms in total. The summed E-state index contributed by atoms with van der Waals surface area (Å²) in [5, 5.41) is 2.79. The number of thiol groups is 1. The van der Waals surface area contributed by atoms with Gasteiger partial charge in [-0.25, -0.2) is 13.2 Å². The van der Waals surface area contributed by atoms with Gasteiger partial charge in [0.1, 0.15) is 0 Å². The molecule has 0 aliphatic rings. The van der Waals surface area contributed by atoms with E-state index >= 15 is 0 Å². The Morgan fingerprint density at radius 2 is 1.54 bits per heavy atom. The summed E-state index contributed by atoms with van der Waals surface area (Å²) in [4.78, 5) is 12.2. The second kappa shape index (κ2) is 8.87. The predicted molar refractivity (Wildman–Crippen MR) is 117 cm³/mol.